The quantitative estimate of drug-likeness (QED) is 0.575. The number of rotatable bonds is 6. The van der Waals surface area contributed by atoms with Crippen molar-refractivity contribution in [2.75, 3.05) is 30.8 Å². The van der Waals surface area contributed by atoms with Crippen molar-refractivity contribution in [3.63, 3.8) is 0 Å². The van der Waals surface area contributed by atoms with Crippen molar-refractivity contribution < 1.29 is 0 Å². The van der Waals surface area contributed by atoms with Crippen molar-refractivity contribution in [2.24, 2.45) is 0 Å². The Hall–Kier alpha value is -2.10. The zero-order valence-corrected chi connectivity index (χ0v) is 16.2. The number of thioether (sulfide) groups is 1. The number of hydrogen-bond acceptors (Lipinski definition) is 6. The summed E-state index contributed by atoms with van der Waals surface area (Å²) in [4.78, 5) is 13.8. The summed E-state index contributed by atoms with van der Waals surface area (Å²) in [5, 5.41) is 9.77. The molecule has 1 aromatic carbocycles. The summed E-state index contributed by atoms with van der Waals surface area (Å²) in [6.45, 7) is 5.09. The van der Waals surface area contributed by atoms with E-state index in [1.54, 1.807) is 11.8 Å². The molecule has 5 nitrogen and oxygen atoms in total. The lowest BCUT2D eigenvalue weighted by molar-refractivity contribution is 0.200. The van der Waals surface area contributed by atoms with E-state index >= 15 is 0 Å². The summed E-state index contributed by atoms with van der Waals surface area (Å²) >= 11 is 1.69. The zero-order chi connectivity index (χ0) is 18.4. The average Bonchev–Trinajstić information content (AvgIpc) is 2.69. The first-order valence-corrected chi connectivity index (χ1v) is 10.1. The molecule has 1 saturated heterocycles. The van der Waals surface area contributed by atoms with Crippen molar-refractivity contribution in [2.45, 2.75) is 37.5 Å². The summed E-state index contributed by atoms with van der Waals surface area (Å²) in [6, 6.07) is 12.7. The van der Waals surface area contributed by atoms with Crippen molar-refractivity contribution in [3.05, 3.63) is 47.7 Å². The summed E-state index contributed by atoms with van der Waals surface area (Å²) in [6.07, 6.45) is 4.13. The largest absolute Gasteiger partial charge is 0.356 e. The molecule has 0 unspecified atom stereocenters. The molecular weight excluding hydrogens is 342 g/mol. The van der Waals surface area contributed by atoms with E-state index in [2.05, 4.69) is 51.9 Å². The average molecular weight is 368 g/mol. The van der Waals surface area contributed by atoms with Crippen molar-refractivity contribution in [1.29, 1.82) is 5.26 Å². The lowest BCUT2D eigenvalue weighted by Crippen LogP contribution is -2.43. The van der Waals surface area contributed by atoms with Gasteiger partial charge in [0.1, 0.15) is 5.82 Å². The second-order valence-electron chi connectivity index (χ2n) is 6.57. The third kappa shape index (κ3) is 4.75. The highest BCUT2D eigenvalue weighted by Crippen LogP contribution is 2.23. The first-order chi connectivity index (χ1) is 12.7. The molecule has 2 heterocycles. The summed E-state index contributed by atoms with van der Waals surface area (Å²) in [5.41, 5.74) is 1.97. The van der Waals surface area contributed by atoms with E-state index in [4.69, 9.17) is 5.26 Å². The SMILES string of the molecule is CCSc1nccc(N2CCC(N(C)Cc3ccc(C#N)cc3)CC2)n1. The van der Waals surface area contributed by atoms with Crippen LogP contribution < -0.4 is 4.90 Å². The maximum atomic E-state index is 8.90. The fourth-order valence-electron chi connectivity index (χ4n) is 3.34. The van der Waals surface area contributed by atoms with Crippen molar-refractivity contribution in [1.82, 2.24) is 14.9 Å². The van der Waals surface area contributed by atoms with Crippen LogP contribution in [0.1, 0.15) is 30.9 Å². The Morgan fingerprint density at radius 2 is 1.96 bits per heavy atom. The monoisotopic (exact) mass is 367 g/mol. The highest BCUT2D eigenvalue weighted by molar-refractivity contribution is 7.99. The van der Waals surface area contributed by atoms with Gasteiger partial charge in [-0.15, -0.1) is 0 Å². The topological polar surface area (TPSA) is 56.1 Å². The Balaban J connectivity index is 1.54. The predicted octanol–water partition coefficient (Wildman–Crippen LogP) is 3.56. The van der Waals surface area contributed by atoms with Crippen LogP contribution in [0, 0.1) is 11.3 Å². The zero-order valence-electron chi connectivity index (χ0n) is 15.4. The van der Waals surface area contributed by atoms with Crippen LogP contribution in [0.25, 0.3) is 0 Å². The first kappa shape index (κ1) is 18.7. The minimum atomic E-state index is 0.577. The second kappa shape index (κ2) is 9.02. The van der Waals surface area contributed by atoms with Crippen LogP contribution >= 0.6 is 11.8 Å². The van der Waals surface area contributed by atoms with Gasteiger partial charge in [0.05, 0.1) is 11.6 Å². The Morgan fingerprint density at radius 1 is 1.23 bits per heavy atom. The summed E-state index contributed by atoms with van der Waals surface area (Å²) in [7, 11) is 2.19. The fourth-order valence-corrected chi connectivity index (χ4v) is 3.90. The molecule has 0 atom stereocenters. The van der Waals surface area contributed by atoms with Gasteiger partial charge >= 0.3 is 0 Å². The van der Waals surface area contributed by atoms with Gasteiger partial charge in [0.25, 0.3) is 0 Å². The standard InChI is InChI=1S/C20H25N5S/c1-3-26-20-22-11-8-19(23-20)25-12-9-18(10-13-25)24(2)15-17-6-4-16(14-21)5-7-17/h4-8,11,18H,3,9-10,12-13,15H2,1-2H3. The lowest BCUT2D eigenvalue weighted by atomic mass is 10.0. The third-order valence-electron chi connectivity index (χ3n) is 4.82. The lowest BCUT2D eigenvalue weighted by Gasteiger charge is -2.37. The van der Waals surface area contributed by atoms with Crippen LogP contribution in [-0.2, 0) is 6.54 Å². The molecule has 1 aromatic heterocycles. The van der Waals surface area contributed by atoms with Crippen LogP contribution in [0.4, 0.5) is 5.82 Å². The van der Waals surface area contributed by atoms with Gasteiger partial charge in [0, 0.05) is 31.9 Å². The van der Waals surface area contributed by atoms with E-state index < -0.39 is 0 Å². The second-order valence-corrected chi connectivity index (χ2v) is 7.80. The number of benzene rings is 1. The van der Waals surface area contributed by atoms with Gasteiger partial charge in [-0.05, 0) is 49.4 Å². The minimum Gasteiger partial charge on any atom is -0.356 e. The van der Waals surface area contributed by atoms with Crippen LogP contribution in [-0.4, -0.2) is 46.8 Å². The highest BCUT2D eigenvalue weighted by atomic mass is 32.2. The van der Waals surface area contributed by atoms with Crippen LogP contribution in [0.15, 0.2) is 41.7 Å². The van der Waals surface area contributed by atoms with Crippen molar-refractivity contribution >= 4 is 17.6 Å². The van der Waals surface area contributed by atoms with Crippen LogP contribution in [0.5, 0.6) is 0 Å². The molecular formula is C20H25N5S. The molecule has 2 aromatic rings. The van der Waals surface area contributed by atoms with E-state index in [9.17, 15) is 0 Å². The number of nitriles is 1. The number of piperidine rings is 1. The molecule has 1 aliphatic heterocycles. The van der Waals surface area contributed by atoms with Gasteiger partial charge in [-0.2, -0.15) is 5.26 Å². The maximum absolute atomic E-state index is 8.90. The van der Waals surface area contributed by atoms with E-state index in [0.29, 0.717) is 6.04 Å². The normalized spacial score (nSPS) is 15.2. The maximum Gasteiger partial charge on any atom is 0.189 e. The van der Waals surface area contributed by atoms with Gasteiger partial charge in [0.2, 0.25) is 0 Å². The van der Waals surface area contributed by atoms with Gasteiger partial charge in [-0.1, -0.05) is 30.8 Å². The Bertz CT molecular complexity index is 748. The summed E-state index contributed by atoms with van der Waals surface area (Å²) in [5.74, 6) is 2.04. The Kier molecular flexibility index (Phi) is 6.48. The molecule has 136 valence electrons. The van der Waals surface area contributed by atoms with Crippen molar-refractivity contribution in [3.8, 4) is 6.07 Å². The third-order valence-corrected chi connectivity index (χ3v) is 5.56. The highest BCUT2D eigenvalue weighted by Gasteiger charge is 2.23. The van der Waals surface area contributed by atoms with E-state index in [1.165, 1.54) is 5.56 Å². The molecule has 0 bridgehead atoms. The molecule has 6 heteroatoms. The van der Waals surface area contributed by atoms with Crippen LogP contribution in [0.3, 0.4) is 0 Å². The van der Waals surface area contributed by atoms with E-state index in [1.807, 2.05) is 24.4 Å². The summed E-state index contributed by atoms with van der Waals surface area (Å²) < 4.78 is 0. The number of anilines is 1. The Morgan fingerprint density at radius 3 is 2.62 bits per heavy atom. The first-order valence-electron chi connectivity index (χ1n) is 9.09. The number of nitrogens with zero attached hydrogens (tertiary/aromatic N) is 5. The number of aromatic nitrogens is 2. The molecule has 3 rings (SSSR count). The molecule has 0 spiro atoms. The smallest absolute Gasteiger partial charge is 0.189 e. The van der Waals surface area contributed by atoms with Gasteiger partial charge in [-0.25, -0.2) is 9.97 Å². The molecule has 0 saturated carbocycles. The van der Waals surface area contributed by atoms with Crippen LogP contribution in [0.2, 0.25) is 0 Å². The Labute approximate surface area is 160 Å². The molecule has 1 aliphatic rings. The predicted molar refractivity (Wildman–Crippen MR) is 106 cm³/mol. The fraction of sp³-hybridized carbons (Fsp3) is 0.450. The molecule has 0 amide bonds. The molecule has 0 radical (unpaired) electrons. The number of hydrogen-bond donors (Lipinski definition) is 0. The molecule has 1 fully saturated rings. The molecule has 0 N–H and O–H groups in total. The molecule has 0 aliphatic carbocycles. The van der Waals surface area contributed by atoms with Gasteiger partial charge in [0.15, 0.2) is 5.16 Å². The van der Waals surface area contributed by atoms with Gasteiger partial charge in [-0.3, -0.25) is 4.90 Å². The van der Waals surface area contributed by atoms with E-state index in [0.717, 1.165) is 54.8 Å². The van der Waals surface area contributed by atoms with E-state index in [-0.39, 0.29) is 0 Å². The van der Waals surface area contributed by atoms with Gasteiger partial charge < -0.3 is 4.90 Å². The molecule has 26 heavy (non-hydrogen) atoms. The minimum absolute atomic E-state index is 0.577.